The van der Waals surface area contributed by atoms with Gasteiger partial charge in [0, 0.05) is 0 Å². The molecule has 19 heavy (non-hydrogen) atoms. The maximum absolute atomic E-state index is 11.8. The summed E-state index contributed by atoms with van der Waals surface area (Å²) in [6, 6.07) is 8.30. The van der Waals surface area contributed by atoms with Crippen molar-refractivity contribution >= 4 is 5.97 Å². The van der Waals surface area contributed by atoms with E-state index in [0.29, 0.717) is 12.3 Å². The molecule has 2 atom stereocenters. The average molecular weight is 260 g/mol. The van der Waals surface area contributed by atoms with Gasteiger partial charge in [0.25, 0.3) is 0 Å². The lowest BCUT2D eigenvalue weighted by Crippen LogP contribution is -2.38. The van der Waals surface area contributed by atoms with Crippen LogP contribution in [0.4, 0.5) is 0 Å². The van der Waals surface area contributed by atoms with Gasteiger partial charge in [-0.15, -0.1) is 0 Å². The molecule has 1 N–H and O–H groups in total. The van der Waals surface area contributed by atoms with Gasteiger partial charge in [0.2, 0.25) is 0 Å². The number of benzene rings is 1. The molecule has 0 saturated carbocycles. The molecule has 1 aliphatic rings. The molecule has 0 amide bonds. The maximum atomic E-state index is 11.8. The molecule has 2 heteroatoms. The first-order valence-corrected chi connectivity index (χ1v) is 7.37. The highest BCUT2D eigenvalue weighted by atomic mass is 16.4. The second-order valence-electron chi connectivity index (χ2n) is 6.13. The molecule has 0 radical (unpaired) electrons. The van der Waals surface area contributed by atoms with Crippen molar-refractivity contribution in [3.8, 4) is 0 Å². The molecule has 0 aliphatic heterocycles. The molecule has 1 aromatic rings. The van der Waals surface area contributed by atoms with Crippen LogP contribution in [-0.2, 0) is 17.6 Å². The Balaban J connectivity index is 2.21. The van der Waals surface area contributed by atoms with Gasteiger partial charge in [-0.3, -0.25) is 4.79 Å². The van der Waals surface area contributed by atoms with Crippen LogP contribution in [0.2, 0.25) is 0 Å². The summed E-state index contributed by atoms with van der Waals surface area (Å²) in [6.45, 7) is 4.36. The summed E-state index contributed by atoms with van der Waals surface area (Å²) in [5.41, 5.74) is 2.03. The lowest BCUT2D eigenvalue weighted by atomic mass is 9.67. The Hall–Kier alpha value is -1.31. The van der Waals surface area contributed by atoms with Gasteiger partial charge in [0.1, 0.15) is 0 Å². The molecule has 1 aromatic carbocycles. The van der Waals surface area contributed by atoms with E-state index in [1.165, 1.54) is 11.1 Å². The Kier molecular flexibility index (Phi) is 4.28. The van der Waals surface area contributed by atoms with Gasteiger partial charge in [-0.1, -0.05) is 51.0 Å². The number of hydrogen-bond donors (Lipinski definition) is 1. The Morgan fingerprint density at radius 1 is 1.37 bits per heavy atom. The molecule has 0 fully saturated rings. The summed E-state index contributed by atoms with van der Waals surface area (Å²) in [4.78, 5) is 11.8. The van der Waals surface area contributed by atoms with Crippen LogP contribution in [0, 0.1) is 11.3 Å². The molecular formula is C17H24O2. The molecule has 0 aromatic heterocycles. The minimum Gasteiger partial charge on any atom is -0.481 e. The van der Waals surface area contributed by atoms with E-state index in [4.69, 9.17) is 0 Å². The molecule has 0 saturated heterocycles. The zero-order valence-electron chi connectivity index (χ0n) is 12.0. The minimum atomic E-state index is -0.607. The quantitative estimate of drug-likeness (QED) is 0.866. The summed E-state index contributed by atoms with van der Waals surface area (Å²) < 4.78 is 0. The van der Waals surface area contributed by atoms with Gasteiger partial charge in [-0.05, 0) is 42.7 Å². The molecule has 2 nitrogen and oxygen atoms in total. The molecular weight excluding hydrogens is 236 g/mol. The number of carboxylic acids is 1. The molecule has 0 spiro atoms. The largest absolute Gasteiger partial charge is 0.481 e. The zero-order chi connectivity index (χ0) is 13.9. The van der Waals surface area contributed by atoms with E-state index >= 15 is 0 Å². The van der Waals surface area contributed by atoms with Crippen LogP contribution in [0.1, 0.15) is 50.7 Å². The molecule has 0 bridgehead atoms. The third-order valence-corrected chi connectivity index (χ3v) is 4.49. The van der Waals surface area contributed by atoms with Crippen molar-refractivity contribution in [1.29, 1.82) is 0 Å². The lowest BCUT2D eigenvalue weighted by Gasteiger charge is -2.36. The molecule has 2 unspecified atom stereocenters. The standard InChI is InChI=1S/C17H24O2/c1-3-6-13(2)11-17(16(18)19)10-9-14-7-4-5-8-15(14)12-17/h4-5,7-8,13H,3,6,9-12H2,1-2H3,(H,18,19). The molecule has 2 rings (SSSR count). The topological polar surface area (TPSA) is 37.3 Å². The van der Waals surface area contributed by atoms with E-state index < -0.39 is 11.4 Å². The minimum absolute atomic E-state index is 0.492. The molecule has 1 aliphatic carbocycles. The Morgan fingerprint density at radius 2 is 2.05 bits per heavy atom. The Morgan fingerprint density at radius 3 is 2.68 bits per heavy atom. The normalized spacial score (nSPS) is 23.7. The van der Waals surface area contributed by atoms with E-state index in [9.17, 15) is 9.90 Å². The second-order valence-corrected chi connectivity index (χ2v) is 6.13. The smallest absolute Gasteiger partial charge is 0.309 e. The highest BCUT2D eigenvalue weighted by Gasteiger charge is 2.41. The van der Waals surface area contributed by atoms with Crippen molar-refractivity contribution in [2.45, 2.75) is 52.4 Å². The fourth-order valence-corrected chi connectivity index (χ4v) is 3.51. The lowest BCUT2D eigenvalue weighted by molar-refractivity contribution is -0.151. The molecule has 0 heterocycles. The van der Waals surface area contributed by atoms with Crippen molar-refractivity contribution in [3.05, 3.63) is 35.4 Å². The summed E-state index contributed by atoms with van der Waals surface area (Å²) in [5.74, 6) is -0.115. The van der Waals surface area contributed by atoms with Gasteiger partial charge >= 0.3 is 5.97 Å². The predicted molar refractivity (Wildman–Crippen MR) is 77.2 cm³/mol. The van der Waals surface area contributed by atoms with Crippen LogP contribution >= 0.6 is 0 Å². The monoisotopic (exact) mass is 260 g/mol. The first kappa shape index (κ1) is 14.1. The first-order valence-electron chi connectivity index (χ1n) is 7.37. The van der Waals surface area contributed by atoms with Gasteiger partial charge in [0.05, 0.1) is 5.41 Å². The van der Waals surface area contributed by atoms with Gasteiger partial charge in [-0.2, -0.15) is 0 Å². The first-order chi connectivity index (χ1) is 9.07. The van der Waals surface area contributed by atoms with E-state index in [-0.39, 0.29) is 0 Å². The van der Waals surface area contributed by atoms with Crippen molar-refractivity contribution in [2.75, 3.05) is 0 Å². The van der Waals surface area contributed by atoms with Gasteiger partial charge in [-0.25, -0.2) is 0 Å². The molecule has 104 valence electrons. The van der Waals surface area contributed by atoms with E-state index in [1.807, 2.05) is 12.1 Å². The second kappa shape index (κ2) is 5.77. The highest BCUT2D eigenvalue weighted by Crippen LogP contribution is 2.41. The van der Waals surface area contributed by atoms with Crippen LogP contribution in [0.3, 0.4) is 0 Å². The third kappa shape index (κ3) is 2.99. The van der Waals surface area contributed by atoms with Crippen molar-refractivity contribution in [1.82, 2.24) is 0 Å². The van der Waals surface area contributed by atoms with Gasteiger partial charge < -0.3 is 5.11 Å². The Bertz CT molecular complexity index is 452. The summed E-state index contributed by atoms with van der Waals surface area (Å²) >= 11 is 0. The highest BCUT2D eigenvalue weighted by molar-refractivity contribution is 5.75. The van der Waals surface area contributed by atoms with Crippen LogP contribution in [0.15, 0.2) is 24.3 Å². The zero-order valence-corrected chi connectivity index (χ0v) is 12.0. The van der Waals surface area contributed by atoms with Crippen molar-refractivity contribution in [2.24, 2.45) is 11.3 Å². The SMILES string of the molecule is CCCC(C)CC1(C(=O)O)CCc2ccccc2C1. The number of carboxylic acid groups (broad SMARTS) is 1. The van der Waals surface area contributed by atoms with Crippen LogP contribution in [0.5, 0.6) is 0 Å². The predicted octanol–water partition coefficient (Wildman–Crippen LogP) is 4.07. The summed E-state index contributed by atoms with van der Waals surface area (Å²) in [5, 5.41) is 9.73. The van der Waals surface area contributed by atoms with Crippen LogP contribution in [-0.4, -0.2) is 11.1 Å². The summed E-state index contributed by atoms with van der Waals surface area (Å²) in [6.07, 6.45) is 5.45. The number of aliphatic carboxylic acids is 1. The summed E-state index contributed by atoms with van der Waals surface area (Å²) in [7, 11) is 0. The van der Waals surface area contributed by atoms with Crippen molar-refractivity contribution < 1.29 is 9.90 Å². The fraction of sp³-hybridized carbons (Fsp3) is 0.588. The number of hydrogen-bond acceptors (Lipinski definition) is 1. The fourth-order valence-electron chi connectivity index (χ4n) is 3.51. The maximum Gasteiger partial charge on any atom is 0.309 e. The number of aryl methyl sites for hydroxylation is 1. The average Bonchev–Trinajstić information content (AvgIpc) is 2.38. The number of rotatable bonds is 5. The number of fused-ring (bicyclic) bond motifs is 1. The van der Waals surface area contributed by atoms with Crippen molar-refractivity contribution in [3.63, 3.8) is 0 Å². The third-order valence-electron chi connectivity index (χ3n) is 4.49. The van der Waals surface area contributed by atoms with E-state index in [2.05, 4.69) is 26.0 Å². The van der Waals surface area contributed by atoms with Crippen LogP contribution < -0.4 is 0 Å². The Labute approximate surface area is 115 Å². The van der Waals surface area contributed by atoms with E-state index in [0.717, 1.165) is 32.1 Å². The van der Waals surface area contributed by atoms with Gasteiger partial charge in [0.15, 0.2) is 0 Å². The number of carbonyl (C=O) groups is 1. The van der Waals surface area contributed by atoms with Crippen LogP contribution in [0.25, 0.3) is 0 Å². The van der Waals surface area contributed by atoms with E-state index in [1.54, 1.807) is 0 Å².